The lowest BCUT2D eigenvalue weighted by molar-refractivity contribution is 0.289. The van der Waals surface area contributed by atoms with Gasteiger partial charge in [0, 0.05) is 17.9 Å². The van der Waals surface area contributed by atoms with Gasteiger partial charge in [0.05, 0.1) is 0 Å². The molecule has 0 aliphatic heterocycles. The smallest absolute Gasteiger partial charge is 0.133 e. The van der Waals surface area contributed by atoms with Crippen LogP contribution in [0.4, 0.5) is 0 Å². The standard InChI is InChI=1S/C8H11ClN2OS/c1-6(2-3-12)13-8-4-7(9)10-5-11-8/h4-6,12H,2-3H2,1H3. The Hall–Kier alpha value is -0.320. The van der Waals surface area contributed by atoms with Crippen LogP contribution in [0.3, 0.4) is 0 Å². The molecule has 0 fully saturated rings. The molecular formula is C8H11ClN2OS. The van der Waals surface area contributed by atoms with Gasteiger partial charge in [0.1, 0.15) is 16.5 Å². The van der Waals surface area contributed by atoms with E-state index in [0.717, 1.165) is 11.4 Å². The number of aromatic nitrogens is 2. The van der Waals surface area contributed by atoms with Crippen molar-refractivity contribution in [2.45, 2.75) is 23.6 Å². The van der Waals surface area contributed by atoms with Crippen LogP contribution < -0.4 is 0 Å². The van der Waals surface area contributed by atoms with Crippen LogP contribution in [0.5, 0.6) is 0 Å². The Labute approximate surface area is 86.6 Å². The first kappa shape index (κ1) is 10.8. The van der Waals surface area contributed by atoms with Crippen LogP contribution in [0.25, 0.3) is 0 Å². The molecule has 5 heteroatoms. The first-order valence-electron chi connectivity index (χ1n) is 3.97. The zero-order chi connectivity index (χ0) is 9.68. The predicted molar refractivity (Wildman–Crippen MR) is 54.1 cm³/mol. The minimum atomic E-state index is 0.201. The summed E-state index contributed by atoms with van der Waals surface area (Å²) < 4.78 is 0. The van der Waals surface area contributed by atoms with E-state index < -0.39 is 0 Å². The summed E-state index contributed by atoms with van der Waals surface area (Å²) >= 11 is 7.28. The van der Waals surface area contributed by atoms with Crippen molar-refractivity contribution in [2.24, 2.45) is 0 Å². The average molecular weight is 219 g/mol. The van der Waals surface area contributed by atoms with Crippen LogP contribution in [0.1, 0.15) is 13.3 Å². The molecule has 0 aromatic carbocycles. The average Bonchev–Trinajstić information content (AvgIpc) is 2.04. The van der Waals surface area contributed by atoms with Crippen LogP contribution in [0, 0.1) is 0 Å². The number of aliphatic hydroxyl groups is 1. The Balaban J connectivity index is 2.53. The maximum absolute atomic E-state index is 8.70. The minimum absolute atomic E-state index is 0.201. The highest BCUT2D eigenvalue weighted by molar-refractivity contribution is 7.99. The third kappa shape index (κ3) is 3.93. The number of thioether (sulfide) groups is 1. The zero-order valence-corrected chi connectivity index (χ0v) is 8.85. The van der Waals surface area contributed by atoms with Gasteiger partial charge in [-0.3, -0.25) is 0 Å². The van der Waals surface area contributed by atoms with Crippen molar-refractivity contribution < 1.29 is 5.11 Å². The second-order valence-corrected chi connectivity index (χ2v) is 4.47. The normalized spacial score (nSPS) is 12.8. The molecule has 1 heterocycles. The van der Waals surface area contributed by atoms with Crippen molar-refractivity contribution in [1.82, 2.24) is 9.97 Å². The van der Waals surface area contributed by atoms with E-state index in [-0.39, 0.29) is 6.61 Å². The molecule has 13 heavy (non-hydrogen) atoms. The second kappa shape index (κ2) is 5.42. The van der Waals surface area contributed by atoms with Crippen molar-refractivity contribution in [1.29, 1.82) is 0 Å². The Morgan fingerprint density at radius 3 is 3.00 bits per heavy atom. The number of aliphatic hydroxyl groups excluding tert-OH is 1. The van der Waals surface area contributed by atoms with Gasteiger partial charge in [0.2, 0.25) is 0 Å². The molecule has 72 valence electrons. The summed E-state index contributed by atoms with van der Waals surface area (Å²) in [7, 11) is 0. The number of nitrogens with zero attached hydrogens (tertiary/aromatic N) is 2. The lowest BCUT2D eigenvalue weighted by atomic mass is 10.3. The molecule has 1 aromatic heterocycles. The van der Waals surface area contributed by atoms with Gasteiger partial charge in [0.15, 0.2) is 0 Å². The van der Waals surface area contributed by atoms with Crippen molar-refractivity contribution in [3.8, 4) is 0 Å². The fourth-order valence-corrected chi connectivity index (χ4v) is 1.96. The van der Waals surface area contributed by atoms with Crippen LogP contribution >= 0.6 is 23.4 Å². The van der Waals surface area contributed by atoms with E-state index in [1.807, 2.05) is 6.92 Å². The molecule has 0 amide bonds. The summed E-state index contributed by atoms with van der Waals surface area (Å²) in [4.78, 5) is 7.83. The molecule has 1 unspecified atom stereocenters. The highest BCUT2D eigenvalue weighted by Crippen LogP contribution is 2.23. The Kier molecular flexibility index (Phi) is 4.48. The van der Waals surface area contributed by atoms with Gasteiger partial charge >= 0.3 is 0 Å². The van der Waals surface area contributed by atoms with Crippen molar-refractivity contribution in [3.63, 3.8) is 0 Å². The molecule has 1 aromatic rings. The molecule has 1 atom stereocenters. The molecule has 1 rings (SSSR count). The van der Waals surface area contributed by atoms with Crippen molar-refractivity contribution >= 4 is 23.4 Å². The topological polar surface area (TPSA) is 46.0 Å². The highest BCUT2D eigenvalue weighted by Gasteiger charge is 2.05. The van der Waals surface area contributed by atoms with Crippen LogP contribution in [0.15, 0.2) is 17.4 Å². The van der Waals surface area contributed by atoms with Gasteiger partial charge < -0.3 is 5.11 Å². The second-order valence-electron chi connectivity index (χ2n) is 2.62. The number of rotatable bonds is 4. The Morgan fingerprint density at radius 2 is 2.38 bits per heavy atom. The van der Waals surface area contributed by atoms with E-state index in [0.29, 0.717) is 10.4 Å². The van der Waals surface area contributed by atoms with Gasteiger partial charge in [-0.05, 0) is 6.42 Å². The van der Waals surface area contributed by atoms with Crippen LogP contribution in [0.2, 0.25) is 5.15 Å². The van der Waals surface area contributed by atoms with Crippen LogP contribution in [-0.2, 0) is 0 Å². The van der Waals surface area contributed by atoms with E-state index in [1.54, 1.807) is 17.8 Å². The van der Waals surface area contributed by atoms with Crippen molar-refractivity contribution in [2.75, 3.05) is 6.61 Å². The summed E-state index contributed by atoms with van der Waals surface area (Å²) in [5.74, 6) is 0. The Bertz CT molecular complexity index is 272. The van der Waals surface area contributed by atoms with Crippen LogP contribution in [-0.4, -0.2) is 26.9 Å². The quantitative estimate of drug-likeness (QED) is 0.620. The third-order valence-corrected chi connectivity index (χ3v) is 2.78. The number of hydrogen-bond acceptors (Lipinski definition) is 4. The lowest BCUT2D eigenvalue weighted by Gasteiger charge is -2.07. The fourth-order valence-electron chi connectivity index (χ4n) is 0.829. The molecule has 0 saturated carbocycles. The number of hydrogen-bond donors (Lipinski definition) is 1. The molecule has 0 bridgehead atoms. The SMILES string of the molecule is CC(CCO)Sc1cc(Cl)ncn1. The molecule has 0 aliphatic rings. The molecule has 0 aliphatic carbocycles. The molecule has 0 saturated heterocycles. The zero-order valence-electron chi connectivity index (χ0n) is 7.27. The summed E-state index contributed by atoms with van der Waals surface area (Å²) in [5, 5.41) is 10.3. The fraction of sp³-hybridized carbons (Fsp3) is 0.500. The third-order valence-electron chi connectivity index (χ3n) is 1.47. The maximum atomic E-state index is 8.70. The maximum Gasteiger partial charge on any atom is 0.133 e. The molecule has 1 N–H and O–H groups in total. The van der Waals surface area contributed by atoms with E-state index >= 15 is 0 Å². The first-order chi connectivity index (χ1) is 6.22. The van der Waals surface area contributed by atoms with Gasteiger partial charge in [0.25, 0.3) is 0 Å². The summed E-state index contributed by atoms with van der Waals surface area (Å²) in [6.45, 7) is 2.24. The van der Waals surface area contributed by atoms with E-state index in [1.165, 1.54) is 6.33 Å². The van der Waals surface area contributed by atoms with E-state index in [9.17, 15) is 0 Å². The van der Waals surface area contributed by atoms with Gasteiger partial charge in [-0.25, -0.2) is 9.97 Å². The molecule has 3 nitrogen and oxygen atoms in total. The van der Waals surface area contributed by atoms with E-state index in [2.05, 4.69) is 9.97 Å². The van der Waals surface area contributed by atoms with Gasteiger partial charge in [-0.2, -0.15) is 0 Å². The van der Waals surface area contributed by atoms with Crippen molar-refractivity contribution in [3.05, 3.63) is 17.5 Å². The largest absolute Gasteiger partial charge is 0.396 e. The highest BCUT2D eigenvalue weighted by atomic mass is 35.5. The number of halogens is 1. The molecule has 0 radical (unpaired) electrons. The predicted octanol–water partition coefficient (Wildman–Crippen LogP) is 1.99. The molecule has 0 spiro atoms. The summed E-state index contributed by atoms with van der Waals surface area (Å²) in [5.41, 5.74) is 0. The lowest BCUT2D eigenvalue weighted by Crippen LogP contribution is -1.99. The monoisotopic (exact) mass is 218 g/mol. The first-order valence-corrected chi connectivity index (χ1v) is 5.23. The Morgan fingerprint density at radius 1 is 1.62 bits per heavy atom. The minimum Gasteiger partial charge on any atom is -0.396 e. The molecular weight excluding hydrogens is 208 g/mol. The summed E-state index contributed by atoms with van der Waals surface area (Å²) in [6.07, 6.45) is 2.20. The van der Waals surface area contributed by atoms with Gasteiger partial charge in [-0.1, -0.05) is 18.5 Å². The van der Waals surface area contributed by atoms with Gasteiger partial charge in [-0.15, -0.1) is 11.8 Å². The summed E-state index contributed by atoms with van der Waals surface area (Å²) in [6, 6.07) is 1.72. The van der Waals surface area contributed by atoms with E-state index in [4.69, 9.17) is 16.7 Å².